The molecule has 7 heteroatoms. The summed E-state index contributed by atoms with van der Waals surface area (Å²) in [6.45, 7) is 1.97. The number of benzene rings is 1. The van der Waals surface area contributed by atoms with Crippen LogP contribution in [-0.4, -0.2) is 28.2 Å². The van der Waals surface area contributed by atoms with Gasteiger partial charge in [-0.2, -0.15) is 0 Å². The van der Waals surface area contributed by atoms with E-state index in [1.807, 2.05) is 31.2 Å². The number of hydrogen-bond acceptors (Lipinski definition) is 4. The molecule has 0 fully saturated rings. The SMILES string of the molecule is COC(=O)C(Br)C1(Br)OC(c2ccc(C)cc2)=C(Br)C1=O. The summed E-state index contributed by atoms with van der Waals surface area (Å²) in [6.07, 6.45) is 0. The summed E-state index contributed by atoms with van der Waals surface area (Å²) in [6, 6.07) is 7.52. The van der Waals surface area contributed by atoms with Crippen LogP contribution in [0.15, 0.2) is 28.7 Å². The average Bonchev–Trinajstić information content (AvgIpc) is 2.72. The average molecular weight is 483 g/mol. The second-order valence-electron chi connectivity index (χ2n) is 4.47. The number of carbonyl (C=O) groups excluding carboxylic acids is 2. The molecule has 1 aromatic rings. The van der Waals surface area contributed by atoms with Crippen LogP contribution >= 0.6 is 47.8 Å². The number of carbonyl (C=O) groups is 2. The van der Waals surface area contributed by atoms with E-state index < -0.39 is 15.3 Å². The predicted molar refractivity (Wildman–Crippen MR) is 89.5 cm³/mol. The van der Waals surface area contributed by atoms with Crippen molar-refractivity contribution >= 4 is 65.3 Å². The van der Waals surface area contributed by atoms with Crippen molar-refractivity contribution < 1.29 is 19.1 Å². The van der Waals surface area contributed by atoms with Gasteiger partial charge in [0.05, 0.1) is 7.11 Å². The Labute approximate surface area is 147 Å². The molecule has 1 aromatic carbocycles. The third kappa shape index (κ3) is 2.96. The number of halogens is 3. The lowest BCUT2D eigenvalue weighted by Crippen LogP contribution is -2.44. The summed E-state index contributed by atoms with van der Waals surface area (Å²) >= 11 is 9.61. The summed E-state index contributed by atoms with van der Waals surface area (Å²) < 4.78 is 9.13. The molecule has 0 radical (unpaired) electrons. The quantitative estimate of drug-likeness (QED) is 0.487. The van der Waals surface area contributed by atoms with Gasteiger partial charge in [0.2, 0.25) is 10.3 Å². The second-order valence-corrected chi connectivity index (χ2v) is 7.36. The van der Waals surface area contributed by atoms with E-state index in [0.717, 1.165) is 11.1 Å². The molecule has 0 saturated heterocycles. The van der Waals surface area contributed by atoms with Crippen LogP contribution in [0.4, 0.5) is 0 Å². The molecule has 0 bridgehead atoms. The van der Waals surface area contributed by atoms with E-state index in [9.17, 15) is 9.59 Å². The van der Waals surface area contributed by atoms with E-state index in [0.29, 0.717) is 5.76 Å². The van der Waals surface area contributed by atoms with E-state index in [4.69, 9.17) is 4.74 Å². The zero-order chi connectivity index (χ0) is 15.8. The molecule has 2 unspecified atom stereocenters. The minimum Gasteiger partial charge on any atom is -0.468 e. The minimum atomic E-state index is -1.53. The van der Waals surface area contributed by atoms with Crippen molar-refractivity contribution in [2.45, 2.75) is 16.3 Å². The Kier molecular flexibility index (Phi) is 4.95. The van der Waals surface area contributed by atoms with E-state index in [-0.39, 0.29) is 10.3 Å². The van der Waals surface area contributed by atoms with Crippen LogP contribution in [0.2, 0.25) is 0 Å². The summed E-state index contributed by atoms with van der Waals surface area (Å²) in [5.41, 5.74) is 1.84. The zero-order valence-electron chi connectivity index (χ0n) is 11.2. The highest BCUT2D eigenvalue weighted by atomic mass is 79.9. The van der Waals surface area contributed by atoms with Gasteiger partial charge >= 0.3 is 5.97 Å². The molecule has 112 valence electrons. The number of aryl methyl sites for hydroxylation is 1. The Hall–Kier alpha value is -0.660. The van der Waals surface area contributed by atoms with Gasteiger partial charge in [0.25, 0.3) is 0 Å². The smallest absolute Gasteiger partial charge is 0.325 e. The molecule has 2 atom stereocenters. The fourth-order valence-corrected chi connectivity index (χ4v) is 3.71. The lowest BCUT2D eigenvalue weighted by Gasteiger charge is -2.25. The molecule has 0 aliphatic carbocycles. The largest absolute Gasteiger partial charge is 0.468 e. The highest BCUT2D eigenvalue weighted by Crippen LogP contribution is 2.46. The maximum atomic E-state index is 12.4. The van der Waals surface area contributed by atoms with Gasteiger partial charge in [0.1, 0.15) is 10.2 Å². The monoisotopic (exact) mass is 480 g/mol. The van der Waals surface area contributed by atoms with E-state index in [1.165, 1.54) is 7.11 Å². The Morgan fingerprint density at radius 2 is 1.90 bits per heavy atom. The number of alkyl halides is 2. The van der Waals surface area contributed by atoms with E-state index >= 15 is 0 Å². The number of hydrogen-bond donors (Lipinski definition) is 0. The zero-order valence-corrected chi connectivity index (χ0v) is 15.9. The molecule has 21 heavy (non-hydrogen) atoms. The van der Waals surface area contributed by atoms with Crippen molar-refractivity contribution in [1.29, 1.82) is 0 Å². The standard InChI is InChI=1S/C14H11Br3O4/c1-7-3-5-8(6-4-7)10-9(15)12(18)14(17,21-10)11(16)13(19)20-2/h3-6,11H,1-2H3. The van der Waals surface area contributed by atoms with Crippen LogP contribution in [0.1, 0.15) is 11.1 Å². The maximum absolute atomic E-state index is 12.4. The molecule has 4 nitrogen and oxygen atoms in total. The molecule has 0 spiro atoms. The lowest BCUT2D eigenvalue weighted by atomic mass is 10.1. The molecule has 0 saturated carbocycles. The second kappa shape index (κ2) is 6.22. The van der Waals surface area contributed by atoms with Crippen molar-refractivity contribution in [3.8, 4) is 0 Å². The van der Waals surface area contributed by atoms with Gasteiger partial charge in [0, 0.05) is 5.56 Å². The van der Waals surface area contributed by atoms with Gasteiger partial charge in [-0.25, -0.2) is 0 Å². The molecule has 2 rings (SSSR count). The van der Waals surface area contributed by atoms with Gasteiger partial charge < -0.3 is 9.47 Å². The fourth-order valence-electron chi connectivity index (χ4n) is 1.80. The summed E-state index contributed by atoms with van der Waals surface area (Å²) in [5, 5.41) is 0. The molecular formula is C14H11Br3O4. The highest BCUT2D eigenvalue weighted by Gasteiger charge is 2.55. The molecule has 0 aromatic heterocycles. The predicted octanol–water partition coefficient (Wildman–Crippen LogP) is 3.69. The van der Waals surface area contributed by atoms with Crippen molar-refractivity contribution in [3.05, 3.63) is 39.9 Å². The first-order valence-electron chi connectivity index (χ1n) is 5.92. The van der Waals surface area contributed by atoms with E-state index in [1.54, 1.807) is 0 Å². The number of ether oxygens (including phenoxy) is 2. The van der Waals surface area contributed by atoms with Crippen LogP contribution < -0.4 is 0 Å². The van der Waals surface area contributed by atoms with Gasteiger partial charge in [-0.05, 0) is 38.8 Å². The topological polar surface area (TPSA) is 52.6 Å². The molecular weight excluding hydrogens is 472 g/mol. The molecule has 1 heterocycles. The Morgan fingerprint density at radius 1 is 1.33 bits per heavy atom. The molecule has 1 aliphatic heterocycles. The molecule has 0 N–H and O–H groups in total. The molecule has 1 aliphatic rings. The first-order valence-corrected chi connectivity index (χ1v) is 8.43. The van der Waals surface area contributed by atoms with Crippen LogP contribution in [0.3, 0.4) is 0 Å². The fraction of sp³-hybridized carbons (Fsp3) is 0.286. The van der Waals surface area contributed by atoms with Gasteiger partial charge in [0.15, 0.2) is 4.83 Å². The first kappa shape index (κ1) is 16.7. The Bertz CT molecular complexity index is 624. The summed E-state index contributed by atoms with van der Waals surface area (Å²) in [4.78, 5) is 23.1. The van der Waals surface area contributed by atoms with Gasteiger partial charge in [-0.15, -0.1) is 0 Å². The maximum Gasteiger partial charge on any atom is 0.325 e. The van der Waals surface area contributed by atoms with Crippen LogP contribution in [-0.2, 0) is 19.1 Å². The van der Waals surface area contributed by atoms with Crippen LogP contribution in [0.25, 0.3) is 5.76 Å². The Balaban J connectivity index is 2.37. The van der Waals surface area contributed by atoms with Crippen molar-refractivity contribution in [2.75, 3.05) is 7.11 Å². The third-order valence-electron chi connectivity index (χ3n) is 3.01. The molecule has 0 amide bonds. The Morgan fingerprint density at radius 3 is 2.43 bits per heavy atom. The number of rotatable bonds is 3. The first-order chi connectivity index (χ1) is 9.81. The third-order valence-corrected chi connectivity index (χ3v) is 6.34. The van der Waals surface area contributed by atoms with Crippen molar-refractivity contribution in [1.82, 2.24) is 0 Å². The minimum absolute atomic E-state index is 0.275. The number of methoxy groups -OCH3 is 1. The van der Waals surface area contributed by atoms with Crippen LogP contribution in [0.5, 0.6) is 0 Å². The van der Waals surface area contributed by atoms with Gasteiger partial charge in [-0.1, -0.05) is 45.8 Å². The highest BCUT2D eigenvalue weighted by molar-refractivity contribution is 9.13. The summed E-state index contributed by atoms with van der Waals surface area (Å²) in [5.74, 6) is -0.610. The van der Waals surface area contributed by atoms with E-state index in [2.05, 4.69) is 52.5 Å². The van der Waals surface area contributed by atoms with Crippen molar-refractivity contribution in [3.63, 3.8) is 0 Å². The number of esters is 1. The number of Topliss-reactive ketones (excluding diaryl/α,β-unsaturated/α-hetero) is 1. The van der Waals surface area contributed by atoms with Gasteiger partial charge in [-0.3, -0.25) is 9.59 Å². The normalized spacial score (nSPS) is 23.0. The van der Waals surface area contributed by atoms with Crippen LogP contribution in [0, 0.1) is 6.92 Å². The summed E-state index contributed by atoms with van der Waals surface area (Å²) in [7, 11) is 1.25. The lowest BCUT2D eigenvalue weighted by molar-refractivity contribution is -0.144. The number of ketones is 1. The van der Waals surface area contributed by atoms with Crippen molar-refractivity contribution in [2.24, 2.45) is 0 Å².